The molecule has 0 unspecified atom stereocenters. The van der Waals surface area contributed by atoms with Gasteiger partial charge in [-0.1, -0.05) is 12.1 Å². The third-order valence-electron chi connectivity index (χ3n) is 3.39. The Hall–Kier alpha value is -1.90. The summed E-state index contributed by atoms with van der Waals surface area (Å²) in [6.45, 7) is 1.98. The van der Waals surface area contributed by atoms with Crippen LogP contribution in [0, 0.1) is 6.92 Å². The van der Waals surface area contributed by atoms with Gasteiger partial charge >= 0.3 is 0 Å². The number of benzene rings is 1. The first kappa shape index (κ1) is 10.3. The highest BCUT2D eigenvalue weighted by atomic mass is 16.3. The van der Waals surface area contributed by atoms with Gasteiger partial charge in [-0.25, -0.2) is 0 Å². The van der Waals surface area contributed by atoms with E-state index in [0.29, 0.717) is 0 Å². The topological polar surface area (TPSA) is 19.6 Å². The molecule has 3 nitrogen and oxygen atoms in total. The predicted octanol–water partition coefficient (Wildman–Crippen LogP) is 3.17. The third kappa shape index (κ3) is 1.42. The molecule has 2 aromatic rings. The number of aryl methyl sites for hydroxylation is 1. The second-order valence-corrected chi connectivity index (χ2v) is 4.53. The van der Waals surface area contributed by atoms with Crippen molar-refractivity contribution >= 4 is 11.4 Å². The highest BCUT2D eigenvalue weighted by Gasteiger charge is 2.33. The maximum absolute atomic E-state index is 5.76. The van der Waals surface area contributed by atoms with Gasteiger partial charge in [0.05, 0.1) is 11.4 Å². The minimum atomic E-state index is 0.154. The van der Waals surface area contributed by atoms with Crippen molar-refractivity contribution in [3.05, 3.63) is 47.9 Å². The van der Waals surface area contributed by atoms with Crippen molar-refractivity contribution in [2.45, 2.75) is 13.1 Å². The number of para-hydroxylation sites is 2. The third-order valence-corrected chi connectivity index (χ3v) is 3.39. The average Bonchev–Trinajstić information content (AvgIpc) is 2.84. The van der Waals surface area contributed by atoms with Crippen molar-refractivity contribution in [2.24, 2.45) is 0 Å². The lowest BCUT2D eigenvalue weighted by Gasteiger charge is -2.25. The lowest BCUT2D eigenvalue weighted by Crippen LogP contribution is -2.30. The normalized spacial score (nSPS) is 15.5. The van der Waals surface area contributed by atoms with Gasteiger partial charge in [-0.15, -0.1) is 0 Å². The fourth-order valence-electron chi connectivity index (χ4n) is 2.56. The van der Waals surface area contributed by atoms with E-state index in [1.54, 1.807) is 0 Å². The molecule has 0 saturated carbocycles. The van der Waals surface area contributed by atoms with Crippen LogP contribution in [0.2, 0.25) is 0 Å². The maximum atomic E-state index is 5.76. The van der Waals surface area contributed by atoms with Crippen LogP contribution < -0.4 is 9.80 Å². The summed E-state index contributed by atoms with van der Waals surface area (Å²) >= 11 is 0. The minimum absolute atomic E-state index is 0.154. The quantitative estimate of drug-likeness (QED) is 0.747. The van der Waals surface area contributed by atoms with Crippen LogP contribution in [-0.4, -0.2) is 14.1 Å². The van der Waals surface area contributed by atoms with Crippen LogP contribution in [0.25, 0.3) is 0 Å². The van der Waals surface area contributed by atoms with E-state index in [1.807, 2.05) is 13.0 Å². The molecule has 0 saturated heterocycles. The summed E-state index contributed by atoms with van der Waals surface area (Å²) in [6.07, 6.45) is 0.154. The molecule has 0 radical (unpaired) electrons. The molecule has 0 N–H and O–H groups in total. The first-order chi connectivity index (χ1) is 8.18. The first-order valence-electron chi connectivity index (χ1n) is 5.79. The average molecular weight is 228 g/mol. The predicted molar refractivity (Wildman–Crippen MR) is 69.4 cm³/mol. The standard InChI is InChI=1S/C14H16N2O/c1-10-8-9-13(17-10)14-15(2)11-6-4-5-7-12(11)16(14)3/h4-9,14H,1-3H3. The van der Waals surface area contributed by atoms with Gasteiger partial charge in [0.2, 0.25) is 0 Å². The molecule has 0 fully saturated rings. The number of nitrogens with zero attached hydrogens (tertiary/aromatic N) is 2. The summed E-state index contributed by atoms with van der Waals surface area (Å²) < 4.78 is 5.76. The summed E-state index contributed by atoms with van der Waals surface area (Å²) in [5.41, 5.74) is 2.49. The van der Waals surface area contributed by atoms with Gasteiger partial charge < -0.3 is 14.2 Å². The van der Waals surface area contributed by atoms with Crippen LogP contribution in [0.4, 0.5) is 11.4 Å². The van der Waals surface area contributed by atoms with Crippen molar-refractivity contribution in [3.63, 3.8) is 0 Å². The van der Waals surface area contributed by atoms with Gasteiger partial charge in [0, 0.05) is 14.1 Å². The van der Waals surface area contributed by atoms with E-state index in [4.69, 9.17) is 4.42 Å². The van der Waals surface area contributed by atoms with Crippen LogP contribution in [0.3, 0.4) is 0 Å². The number of fused-ring (bicyclic) bond motifs is 1. The molecule has 88 valence electrons. The van der Waals surface area contributed by atoms with E-state index in [9.17, 15) is 0 Å². The van der Waals surface area contributed by atoms with E-state index in [0.717, 1.165) is 11.5 Å². The number of hydrogen-bond donors (Lipinski definition) is 0. The molecule has 0 aliphatic carbocycles. The number of anilines is 2. The zero-order valence-corrected chi connectivity index (χ0v) is 10.3. The zero-order valence-electron chi connectivity index (χ0n) is 10.3. The van der Waals surface area contributed by atoms with E-state index in [2.05, 4.69) is 54.2 Å². The Morgan fingerprint density at radius 2 is 1.53 bits per heavy atom. The van der Waals surface area contributed by atoms with Crippen LogP contribution in [-0.2, 0) is 0 Å². The second-order valence-electron chi connectivity index (χ2n) is 4.53. The Morgan fingerprint density at radius 3 is 2.00 bits per heavy atom. The highest BCUT2D eigenvalue weighted by Crippen LogP contribution is 2.44. The number of furan rings is 1. The molecule has 2 heterocycles. The van der Waals surface area contributed by atoms with Crippen molar-refractivity contribution in [1.29, 1.82) is 0 Å². The Bertz CT molecular complexity index is 518. The number of hydrogen-bond acceptors (Lipinski definition) is 3. The van der Waals surface area contributed by atoms with Crippen molar-refractivity contribution < 1.29 is 4.42 Å². The SMILES string of the molecule is Cc1ccc(C2N(C)c3ccccc3N2C)o1. The maximum Gasteiger partial charge on any atom is 0.161 e. The van der Waals surface area contributed by atoms with Crippen LogP contribution in [0.5, 0.6) is 0 Å². The summed E-state index contributed by atoms with van der Waals surface area (Å²) in [6, 6.07) is 12.5. The fraction of sp³-hybridized carbons (Fsp3) is 0.286. The van der Waals surface area contributed by atoms with Crippen molar-refractivity contribution in [1.82, 2.24) is 0 Å². The Morgan fingerprint density at radius 1 is 0.941 bits per heavy atom. The zero-order chi connectivity index (χ0) is 12.0. The summed E-state index contributed by atoms with van der Waals surface area (Å²) in [4.78, 5) is 4.49. The van der Waals surface area contributed by atoms with Gasteiger partial charge in [0.1, 0.15) is 11.5 Å². The lowest BCUT2D eigenvalue weighted by atomic mass is 10.3. The second kappa shape index (κ2) is 3.55. The van der Waals surface area contributed by atoms with E-state index in [-0.39, 0.29) is 6.17 Å². The molecular weight excluding hydrogens is 212 g/mol. The van der Waals surface area contributed by atoms with E-state index >= 15 is 0 Å². The molecule has 3 rings (SSSR count). The van der Waals surface area contributed by atoms with Crippen LogP contribution in [0.1, 0.15) is 17.7 Å². The smallest absolute Gasteiger partial charge is 0.161 e. The summed E-state index contributed by atoms with van der Waals surface area (Å²) in [5, 5.41) is 0. The summed E-state index contributed by atoms with van der Waals surface area (Å²) in [5.74, 6) is 1.95. The largest absolute Gasteiger partial charge is 0.462 e. The van der Waals surface area contributed by atoms with Gasteiger partial charge in [0.25, 0.3) is 0 Å². The van der Waals surface area contributed by atoms with Gasteiger partial charge in [-0.05, 0) is 31.2 Å². The Kier molecular flexibility index (Phi) is 2.15. The van der Waals surface area contributed by atoms with Crippen LogP contribution >= 0.6 is 0 Å². The lowest BCUT2D eigenvalue weighted by molar-refractivity contribution is 0.443. The summed E-state index contributed by atoms with van der Waals surface area (Å²) in [7, 11) is 4.20. The molecule has 17 heavy (non-hydrogen) atoms. The molecular formula is C14H16N2O. The molecule has 1 aliphatic rings. The Balaban J connectivity index is 2.06. The molecule has 0 spiro atoms. The molecule has 0 bridgehead atoms. The van der Waals surface area contributed by atoms with E-state index in [1.165, 1.54) is 11.4 Å². The van der Waals surface area contributed by atoms with Gasteiger partial charge in [-0.3, -0.25) is 0 Å². The van der Waals surface area contributed by atoms with Crippen LogP contribution in [0.15, 0.2) is 40.8 Å². The minimum Gasteiger partial charge on any atom is -0.462 e. The highest BCUT2D eigenvalue weighted by molar-refractivity contribution is 5.77. The Labute approximate surface area is 101 Å². The molecule has 1 aromatic heterocycles. The number of rotatable bonds is 1. The molecule has 1 aromatic carbocycles. The molecule has 3 heteroatoms. The van der Waals surface area contributed by atoms with E-state index < -0.39 is 0 Å². The van der Waals surface area contributed by atoms with Crippen molar-refractivity contribution in [2.75, 3.05) is 23.9 Å². The van der Waals surface area contributed by atoms with Gasteiger partial charge in [-0.2, -0.15) is 0 Å². The molecule has 1 aliphatic heterocycles. The monoisotopic (exact) mass is 228 g/mol. The van der Waals surface area contributed by atoms with Crippen molar-refractivity contribution in [3.8, 4) is 0 Å². The fourth-order valence-corrected chi connectivity index (χ4v) is 2.56. The molecule has 0 atom stereocenters. The van der Waals surface area contributed by atoms with Gasteiger partial charge in [0.15, 0.2) is 6.17 Å². The first-order valence-corrected chi connectivity index (χ1v) is 5.79. The molecule has 0 amide bonds.